The normalized spacial score (nSPS) is 12.7. The molecular weight excluding hydrogens is 318 g/mol. The molecule has 2 aromatic carbocycles. The minimum atomic E-state index is 0.904. The van der Waals surface area contributed by atoms with Crippen molar-refractivity contribution in [3.63, 3.8) is 0 Å². The molecule has 3 heteroatoms. The molecule has 0 radical (unpaired) electrons. The van der Waals surface area contributed by atoms with Crippen molar-refractivity contribution in [2.75, 3.05) is 0 Å². The average molecular weight is 338 g/mol. The molecule has 3 heterocycles. The Hall–Kier alpha value is -3.20. The molecule has 0 bridgehead atoms. The van der Waals surface area contributed by atoms with Gasteiger partial charge in [0.15, 0.2) is 11.7 Å². The van der Waals surface area contributed by atoms with Gasteiger partial charge < -0.3 is 4.57 Å². The number of aryl methyl sites for hydroxylation is 2. The summed E-state index contributed by atoms with van der Waals surface area (Å²) in [6.45, 7) is 2.17. The van der Waals surface area contributed by atoms with E-state index in [1.807, 2.05) is 0 Å². The lowest BCUT2D eigenvalue weighted by molar-refractivity contribution is -0.659. The number of fused-ring (bicyclic) bond motifs is 3. The number of nitrogens with zero attached hydrogens (tertiary/aromatic N) is 3. The Kier molecular flexibility index (Phi) is 3.29. The standard InChI is InChI=1S/C23H20N3/c1-16-10-11-18(17-7-4-3-5-8-17)15-19(16)23-22-20(12-14-25(23)2)26-13-6-9-21(26)24-22/h3-8,10-15H,9H2,1-2H3/q+1. The molecule has 0 saturated carbocycles. The van der Waals surface area contributed by atoms with Crippen LogP contribution in [-0.4, -0.2) is 9.55 Å². The van der Waals surface area contributed by atoms with E-state index in [9.17, 15) is 0 Å². The summed E-state index contributed by atoms with van der Waals surface area (Å²) in [5, 5.41) is 0. The molecule has 3 nitrogen and oxygen atoms in total. The van der Waals surface area contributed by atoms with E-state index in [1.165, 1.54) is 33.5 Å². The van der Waals surface area contributed by atoms with Gasteiger partial charge >= 0.3 is 0 Å². The van der Waals surface area contributed by atoms with E-state index in [0.717, 1.165) is 17.8 Å². The van der Waals surface area contributed by atoms with E-state index in [0.29, 0.717) is 0 Å². The van der Waals surface area contributed by atoms with E-state index in [-0.39, 0.29) is 0 Å². The van der Waals surface area contributed by atoms with Crippen LogP contribution in [0.3, 0.4) is 0 Å². The minimum absolute atomic E-state index is 0.904. The molecule has 0 unspecified atom stereocenters. The first-order chi connectivity index (χ1) is 12.7. The monoisotopic (exact) mass is 338 g/mol. The summed E-state index contributed by atoms with van der Waals surface area (Å²) in [5.74, 6) is 1.12. The van der Waals surface area contributed by atoms with Crippen LogP contribution in [0, 0.1) is 6.92 Å². The van der Waals surface area contributed by atoms with Crippen LogP contribution >= 0.6 is 0 Å². The zero-order chi connectivity index (χ0) is 17.7. The van der Waals surface area contributed by atoms with Gasteiger partial charge in [-0.2, -0.15) is 4.57 Å². The molecule has 1 aliphatic heterocycles. The average Bonchev–Trinajstić information content (AvgIpc) is 3.24. The zero-order valence-corrected chi connectivity index (χ0v) is 15.0. The van der Waals surface area contributed by atoms with Gasteiger partial charge in [0, 0.05) is 18.7 Å². The molecule has 0 fully saturated rings. The number of allylic oxidation sites excluding steroid dienone is 1. The number of hydrogen-bond acceptors (Lipinski definition) is 1. The highest BCUT2D eigenvalue weighted by Crippen LogP contribution is 2.32. The Labute approximate surface area is 152 Å². The Bertz CT molecular complexity index is 1170. The van der Waals surface area contributed by atoms with Crippen LogP contribution in [-0.2, 0) is 13.5 Å². The van der Waals surface area contributed by atoms with Crippen molar-refractivity contribution in [3.8, 4) is 22.4 Å². The van der Waals surface area contributed by atoms with Gasteiger partial charge in [-0.25, -0.2) is 4.98 Å². The lowest BCUT2D eigenvalue weighted by atomic mass is 9.97. The van der Waals surface area contributed by atoms with Gasteiger partial charge in [-0.15, -0.1) is 0 Å². The molecule has 0 saturated heterocycles. The van der Waals surface area contributed by atoms with Crippen molar-refractivity contribution in [2.24, 2.45) is 7.05 Å². The first-order valence-corrected chi connectivity index (χ1v) is 8.95. The molecule has 5 rings (SSSR count). The van der Waals surface area contributed by atoms with Crippen LogP contribution in [0.1, 0.15) is 11.4 Å². The Morgan fingerprint density at radius 2 is 1.85 bits per heavy atom. The van der Waals surface area contributed by atoms with Crippen LogP contribution in [0.2, 0.25) is 0 Å². The molecule has 0 N–H and O–H groups in total. The third-order valence-electron chi connectivity index (χ3n) is 5.21. The van der Waals surface area contributed by atoms with Gasteiger partial charge in [-0.05, 0) is 29.7 Å². The van der Waals surface area contributed by atoms with Crippen molar-refractivity contribution in [2.45, 2.75) is 13.3 Å². The van der Waals surface area contributed by atoms with E-state index in [2.05, 4.69) is 96.2 Å². The number of imidazole rings is 1. The Morgan fingerprint density at radius 1 is 1.00 bits per heavy atom. The van der Waals surface area contributed by atoms with Crippen LogP contribution in [0.4, 0.5) is 0 Å². The van der Waals surface area contributed by atoms with Crippen LogP contribution in [0.25, 0.3) is 39.6 Å². The highest BCUT2D eigenvalue weighted by atomic mass is 15.1. The third-order valence-corrected chi connectivity index (χ3v) is 5.21. The van der Waals surface area contributed by atoms with Crippen molar-refractivity contribution >= 4 is 17.2 Å². The van der Waals surface area contributed by atoms with Crippen LogP contribution in [0.15, 0.2) is 66.9 Å². The quantitative estimate of drug-likeness (QED) is 0.492. The Morgan fingerprint density at radius 3 is 2.69 bits per heavy atom. The molecule has 26 heavy (non-hydrogen) atoms. The van der Waals surface area contributed by atoms with Crippen molar-refractivity contribution in [1.29, 1.82) is 0 Å². The maximum atomic E-state index is 4.95. The molecule has 2 aromatic heterocycles. The van der Waals surface area contributed by atoms with Gasteiger partial charge in [-0.3, -0.25) is 0 Å². The number of rotatable bonds is 2. The van der Waals surface area contributed by atoms with Crippen molar-refractivity contribution in [3.05, 3.63) is 78.3 Å². The predicted molar refractivity (Wildman–Crippen MR) is 106 cm³/mol. The summed E-state index contributed by atoms with van der Waals surface area (Å²) in [6.07, 6.45) is 7.33. The molecule has 126 valence electrons. The molecule has 0 spiro atoms. The van der Waals surface area contributed by atoms with Gasteiger partial charge in [-0.1, -0.05) is 48.5 Å². The van der Waals surface area contributed by atoms with Gasteiger partial charge in [0.2, 0.25) is 5.69 Å². The third kappa shape index (κ3) is 2.21. The van der Waals surface area contributed by atoms with Crippen molar-refractivity contribution < 1.29 is 4.57 Å². The fourth-order valence-electron chi connectivity index (χ4n) is 3.83. The fraction of sp³-hybridized carbons (Fsp3) is 0.130. The molecule has 0 amide bonds. The van der Waals surface area contributed by atoms with E-state index in [1.54, 1.807) is 0 Å². The summed E-state index contributed by atoms with van der Waals surface area (Å²) in [4.78, 5) is 4.95. The topological polar surface area (TPSA) is 21.7 Å². The van der Waals surface area contributed by atoms with Gasteiger partial charge in [0.1, 0.15) is 12.9 Å². The Balaban J connectivity index is 1.78. The molecular formula is C23H20N3+. The maximum Gasteiger partial charge on any atom is 0.240 e. The second-order valence-corrected chi connectivity index (χ2v) is 6.89. The fourth-order valence-corrected chi connectivity index (χ4v) is 3.83. The summed E-state index contributed by atoms with van der Waals surface area (Å²) in [7, 11) is 2.10. The number of aromatic nitrogens is 3. The largest absolute Gasteiger partial charge is 0.303 e. The smallest absolute Gasteiger partial charge is 0.240 e. The second-order valence-electron chi connectivity index (χ2n) is 6.89. The SMILES string of the molecule is Cc1ccc(-c2ccccc2)cc1-c1c2nc3n(c2cc[n+]1C)C=CC3. The van der Waals surface area contributed by atoms with E-state index >= 15 is 0 Å². The van der Waals surface area contributed by atoms with E-state index in [4.69, 9.17) is 4.98 Å². The number of hydrogen-bond donors (Lipinski definition) is 0. The summed E-state index contributed by atoms with van der Waals surface area (Å²) in [5.41, 5.74) is 8.38. The van der Waals surface area contributed by atoms with Gasteiger partial charge in [0.05, 0.1) is 11.1 Å². The minimum Gasteiger partial charge on any atom is -0.303 e. The summed E-state index contributed by atoms with van der Waals surface area (Å²) < 4.78 is 4.39. The first-order valence-electron chi connectivity index (χ1n) is 8.95. The molecule has 4 aromatic rings. The van der Waals surface area contributed by atoms with Crippen LogP contribution < -0.4 is 4.57 Å². The predicted octanol–water partition coefficient (Wildman–Crippen LogP) is 4.53. The molecule has 0 atom stereocenters. The number of pyridine rings is 1. The maximum absolute atomic E-state index is 4.95. The first kappa shape index (κ1) is 15.1. The lowest BCUT2D eigenvalue weighted by Gasteiger charge is -2.09. The summed E-state index contributed by atoms with van der Waals surface area (Å²) >= 11 is 0. The highest BCUT2D eigenvalue weighted by molar-refractivity contribution is 5.91. The van der Waals surface area contributed by atoms with Crippen molar-refractivity contribution in [1.82, 2.24) is 9.55 Å². The second kappa shape index (κ2) is 5.67. The van der Waals surface area contributed by atoms with Crippen LogP contribution in [0.5, 0.6) is 0 Å². The zero-order valence-electron chi connectivity index (χ0n) is 15.0. The van der Waals surface area contributed by atoms with Gasteiger partial charge in [0.25, 0.3) is 0 Å². The van der Waals surface area contributed by atoms with E-state index < -0.39 is 0 Å². The molecule has 1 aliphatic rings. The molecule has 0 aliphatic carbocycles. The number of benzene rings is 2. The lowest BCUT2D eigenvalue weighted by Crippen LogP contribution is -2.30. The highest BCUT2D eigenvalue weighted by Gasteiger charge is 2.23. The summed E-state index contributed by atoms with van der Waals surface area (Å²) in [6, 6.07) is 19.4.